The molecule has 4 heteroatoms. The fraction of sp³-hybridized carbons (Fsp3) is 0.176. The number of hydrogen-bond acceptors (Lipinski definition) is 2. The summed E-state index contributed by atoms with van der Waals surface area (Å²) in [6, 6.07) is 10.9. The molecule has 0 aliphatic heterocycles. The van der Waals surface area contributed by atoms with Gasteiger partial charge in [-0.1, -0.05) is 17.9 Å². The highest BCUT2D eigenvalue weighted by atomic mass is 32.2. The summed E-state index contributed by atoms with van der Waals surface area (Å²) in [6.07, 6.45) is 0.365. The number of hydrogen-bond donors (Lipinski definition) is 1. The molecule has 1 nitrogen and oxygen atoms in total. The fourth-order valence-corrected chi connectivity index (χ4v) is 2.62. The van der Waals surface area contributed by atoms with Crippen LogP contribution in [0.5, 0.6) is 0 Å². The van der Waals surface area contributed by atoms with Gasteiger partial charge in [-0.05, 0) is 42.0 Å². The van der Waals surface area contributed by atoms with Crippen molar-refractivity contribution in [1.82, 2.24) is 0 Å². The second-order valence-corrected chi connectivity index (χ2v) is 5.42. The van der Waals surface area contributed by atoms with E-state index in [1.54, 1.807) is 12.1 Å². The molecule has 0 aliphatic carbocycles. The van der Waals surface area contributed by atoms with Gasteiger partial charge in [0.05, 0.1) is 6.61 Å². The van der Waals surface area contributed by atoms with Crippen molar-refractivity contribution < 1.29 is 13.9 Å². The molecular formula is C17H14F2OS. The van der Waals surface area contributed by atoms with Gasteiger partial charge in [-0.25, -0.2) is 8.78 Å². The molecule has 108 valence electrons. The van der Waals surface area contributed by atoms with Crippen molar-refractivity contribution >= 4 is 11.8 Å². The summed E-state index contributed by atoms with van der Waals surface area (Å²) in [5.41, 5.74) is 1.37. The lowest BCUT2D eigenvalue weighted by atomic mass is 10.1. The van der Waals surface area contributed by atoms with Gasteiger partial charge in [0.15, 0.2) is 0 Å². The van der Waals surface area contributed by atoms with Gasteiger partial charge >= 0.3 is 0 Å². The summed E-state index contributed by atoms with van der Waals surface area (Å²) >= 11 is 1.44. The zero-order valence-electron chi connectivity index (χ0n) is 11.3. The summed E-state index contributed by atoms with van der Waals surface area (Å²) in [4.78, 5) is 0.798. The second kappa shape index (κ2) is 7.82. The lowest BCUT2D eigenvalue weighted by Gasteiger charge is -2.04. The number of aliphatic hydroxyl groups excluding tert-OH is 1. The average Bonchev–Trinajstić information content (AvgIpc) is 2.45. The molecular weight excluding hydrogens is 290 g/mol. The summed E-state index contributed by atoms with van der Waals surface area (Å²) in [7, 11) is 0. The van der Waals surface area contributed by atoms with Crippen LogP contribution in [0.3, 0.4) is 0 Å². The van der Waals surface area contributed by atoms with Crippen LogP contribution < -0.4 is 0 Å². The van der Waals surface area contributed by atoms with Gasteiger partial charge < -0.3 is 5.11 Å². The van der Waals surface area contributed by atoms with Crippen LogP contribution in [0.15, 0.2) is 47.4 Å². The van der Waals surface area contributed by atoms with E-state index in [0.717, 1.165) is 10.5 Å². The highest BCUT2D eigenvalue weighted by Crippen LogP contribution is 2.24. The number of aliphatic hydroxyl groups is 1. The van der Waals surface area contributed by atoms with Crippen molar-refractivity contribution in [1.29, 1.82) is 0 Å². The first-order valence-electron chi connectivity index (χ1n) is 6.45. The van der Waals surface area contributed by atoms with E-state index in [1.807, 2.05) is 6.07 Å². The fourth-order valence-electron chi connectivity index (χ4n) is 1.75. The molecule has 0 spiro atoms. The summed E-state index contributed by atoms with van der Waals surface area (Å²) in [6.45, 7) is -0.00933. The van der Waals surface area contributed by atoms with E-state index in [-0.39, 0.29) is 18.2 Å². The third kappa shape index (κ3) is 5.22. The summed E-state index contributed by atoms with van der Waals surface area (Å²) < 4.78 is 26.6. The van der Waals surface area contributed by atoms with Gasteiger partial charge in [-0.2, -0.15) is 0 Å². The zero-order chi connectivity index (χ0) is 15.1. The quantitative estimate of drug-likeness (QED) is 0.681. The molecule has 0 radical (unpaired) electrons. The van der Waals surface area contributed by atoms with Gasteiger partial charge in [0, 0.05) is 22.6 Å². The predicted molar refractivity (Wildman–Crippen MR) is 80.9 cm³/mol. The molecule has 2 aromatic carbocycles. The average molecular weight is 304 g/mol. The summed E-state index contributed by atoms with van der Waals surface area (Å²) in [5.74, 6) is 5.49. The Morgan fingerprint density at radius 3 is 2.67 bits per heavy atom. The van der Waals surface area contributed by atoms with Crippen LogP contribution >= 0.6 is 11.8 Å². The second-order valence-electron chi connectivity index (χ2n) is 4.37. The number of thioether (sulfide) groups is 1. The maximum absolute atomic E-state index is 13.5. The van der Waals surface area contributed by atoms with Crippen LogP contribution in [0.1, 0.15) is 17.5 Å². The van der Waals surface area contributed by atoms with E-state index in [9.17, 15) is 8.78 Å². The topological polar surface area (TPSA) is 20.2 Å². The molecule has 2 aromatic rings. The Kier molecular flexibility index (Phi) is 5.79. The predicted octanol–water partition coefficient (Wildman–Crippen LogP) is 3.99. The lowest BCUT2D eigenvalue weighted by Crippen LogP contribution is -1.87. The minimum absolute atomic E-state index is 0.00933. The Morgan fingerprint density at radius 2 is 1.90 bits per heavy atom. The molecule has 0 fully saturated rings. The third-order valence-electron chi connectivity index (χ3n) is 2.63. The van der Waals surface area contributed by atoms with Crippen LogP contribution in [0.25, 0.3) is 0 Å². The molecule has 0 saturated heterocycles. The lowest BCUT2D eigenvalue weighted by molar-refractivity contribution is 0.305. The van der Waals surface area contributed by atoms with Gasteiger partial charge in [0.1, 0.15) is 11.6 Å². The first-order valence-corrected chi connectivity index (χ1v) is 7.43. The largest absolute Gasteiger partial charge is 0.395 e. The van der Waals surface area contributed by atoms with E-state index < -0.39 is 0 Å². The molecule has 0 bridgehead atoms. The van der Waals surface area contributed by atoms with Gasteiger partial charge in [-0.3, -0.25) is 0 Å². The van der Waals surface area contributed by atoms with Gasteiger partial charge in [-0.15, -0.1) is 11.8 Å². The Labute approximate surface area is 127 Å². The van der Waals surface area contributed by atoms with E-state index in [0.29, 0.717) is 17.7 Å². The van der Waals surface area contributed by atoms with Crippen molar-refractivity contribution in [2.75, 3.05) is 6.61 Å². The van der Waals surface area contributed by atoms with Crippen LogP contribution in [-0.2, 0) is 5.75 Å². The smallest absolute Gasteiger partial charge is 0.124 e. The Balaban J connectivity index is 2.08. The molecule has 1 N–H and O–H groups in total. The minimum Gasteiger partial charge on any atom is -0.395 e. The van der Waals surface area contributed by atoms with Gasteiger partial charge in [0.25, 0.3) is 0 Å². The molecule has 0 amide bonds. The van der Waals surface area contributed by atoms with E-state index >= 15 is 0 Å². The standard InChI is InChI=1S/C17H14F2OS/c18-15-5-3-6-17(11-15)21-12-14-8-13(4-1-2-7-20)9-16(19)10-14/h3,5-6,8-11,20H,2,7,12H2. The Hall–Kier alpha value is -1.83. The van der Waals surface area contributed by atoms with Crippen LogP contribution in [0.4, 0.5) is 8.78 Å². The first-order chi connectivity index (χ1) is 10.2. The van der Waals surface area contributed by atoms with Crippen molar-refractivity contribution in [3.8, 4) is 11.8 Å². The summed E-state index contributed by atoms with van der Waals surface area (Å²) in [5, 5.41) is 8.68. The zero-order valence-corrected chi connectivity index (χ0v) is 12.1. The highest BCUT2D eigenvalue weighted by Gasteiger charge is 2.02. The monoisotopic (exact) mass is 304 g/mol. The highest BCUT2D eigenvalue weighted by molar-refractivity contribution is 7.98. The van der Waals surface area contributed by atoms with E-state index in [4.69, 9.17) is 5.11 Å². The molecule has 0 saturated carbocycles. The van der Waals surface area contributed by atoms with Crippen molar-refractivity contribution in [3.63, 3.8) is 0 Å². The molecule has 0 unspecified atom stereocenters. The molecule has 0 aromatic heterocycles. The minimum atomic E-state index is -0.347. The van der Waals surface area contributed by atoms with E-state index in [2.05, 4.69) is 11.8 Å². The van der Waals surface area contributed by atoms with Crippen LogP contribution in [0.2, 0.25) is 0 Å². The van der Waals surface area contributed by atoms with Gasteiger partial charge in [0.2, 0.25) is 0 Å². The van der Waals surface area contributed by atoms with Crippen molar-refractivity contribution in [2.45, 2.75) is 17.1 Å². The maximum Gasteiger partial charge on any atom is 0.124 e. The molecule has 21 heavy (non-hydrogen) atoms. The number of rotatable bonds is 4. The first kappa shape index (κ1) is 15.6. The molecule has 2 rings (SSSR count). The van der Waals surface area contributed by atoms with E-state index in [1.165, 1.54) is 36.0 Å². The maximum atomic E-state index is 13.5. The molecule has 0 atom stereocenters. The number of halogens is 2. The SMILES string of the molecule is OCCC#Cc1cc(F)cc(CSc2cccc(F)c2)c1. The molecule has 0 aliphatic rings. The van der Waals surface area contributed by atoms with Crippen molar-refractivity contribution in [3.05, 3.63) is 65.2 Å². The molecule has 0 heterocycles. The van der Waals surface area contributed by atoms with Crippen LogP contribution in [-0.4, -0.2) is 11.7 Å². The number of benzene rings is 2. The van der Waals surface area contributed by atoms with Crippen molar-refractivity contribution in [2.24, 2.45) is 0 Å². The third-order valence-corrected chi connectivity index (χ3v) is 3.69. The Morgan fingerprint density at radius 1 is 1.05 bits per heavy atom. The normalized spacial score (nSPS) is 10.0. The Bertz CT molecular complexity index is 674. The van der Waals surface area contributed by atoms with Crippen LogP contribution in [0, 0.1) is 23.5 Å².